The largest absolute Gasteiger partial charge is 0.478 e. The highest BCUT2D eigenvalue weighted by molar-refractivity contribution is 6.04. The number of hydrogen-bond donors (Lipinski definition) is 3. The molecule has 1 amide bonds. The third kappa shape index (κ3) is 4.51. The molecule has 4 aliphatic rings. The molecule has 0 radical (unpaired) electrons. The van der Waals surface area contributed by atoms with Gasteiger partial charge in [-0.25, -0.2) is 9.78 Å². The molecule has 4 fully saturated rings. The van der Waals surface area contributed by atoms with Crippen molar-refractivity contribution >= 4 is 17.6 Å². The molecular formula is C28H37N3O3. The molecule has 6 heteroatoms. The number of aryl methyl sites for hydroxylation is 1. The van der Waals surface area contributed by atoms with Crippen LogP contribution in [0.15, 0.2) is 24.3 Å². The van der Waals surface area contributed by atoms with E-state index >= 15 is 0 Å². The first kappa shape index (κ1) is 23.1. The fourth-order valence-electron chi connectivity index (χ4n) is 7.57. The summed E-state index contributed by atoms with van der Waals surface area (Å²) in [6.07, 6.45) is 12.3. The van der Waals surface area contributed by atoms with E-state index in [0.29, 0.717) is 22.7 Å². The SMILES string of the molecule is CCC(CC)c1nc(C(=O)Nc2cccc(C(=O)O)c2)c(CCC23CC4CC(CC(C4)C2)C3)[nH]1. The Morgan fingerprint density at radius 2 is 1.76 bits per heavy atom. The molecule has 0 atom stereocenters. The summed E-state index contributed by atoms with van der Waals surface area (Å²) in [6, 6.07) is 6.37. The van der Waals surface area contributed by atoms with Crippen LogP contribution in [0, 0.1) is 23.2 Å². The van der Waals surface area contributed by atoms with Gasteiger partial charge in [-0.2, -0.15) is 0 Å². The number of carboxylic acid groups (broad SMARTS) is 1. The Labute approximate surface area is 202 Å². The molecule has 4 bridgehead atoms. The van der Waals surface area contributed by atoms with Crippen molar-refractivity contribution in [3.8, 4) is 0 Å². The number of H-pyrrole nitrogens is 1. The van der Waals surface area contributed by atoms with Crippen molar-refractivity contribution < 1.29 is 14.7 Å². The number of hydrogen-bond acceptors (Lipinski definition) is 3. The number of carbonyl (C=O) groups excluding carboxylic acids is 1. The molecule has 4 aliphatic carbocycles. The second kappa shape index (κ2) is 9.20. The zero-order chi connectivity index (χ0) is 23.9. The number of amides is 1. The summed E-state index contributed by atoms with van der Waals surface area (Å²) in [7, 11) is 0. The Morgan fingerprint density at radius 3 is 2.35 bits per heavy atom. The molecule has 34 heavy (non-hydrogen) atoms. The molecule has 182 valence electrons. The summed E-state index contributed by atoms with van der Waals surface area (Å²) in [4.78, 5) is 33.0. The van der Waals surface area contributed by atoms with Crippen molar-refractivity contribution in [3.05, 3.63) is 47.0 Å². The lowest BCUT2D eigenvalue weighted by atomic mass is 9.48. The smallest absolute Gasteiger partial charge is 0.335 e. The van der Waals surface area contributed by atoms with Gasteiger partial charge in [0.05, 0.1) is 5.56 Å². The number of benzene rings is 1. The van der Waals surface area contributed by atoms with Crippen molar-refractivity contribution in [2.75, 3.05) is 5.32 Å². The minimum Gasteiger partial charge on any atom is -0.478 e. The van der Waals surface area contributed by atoms with E-state index in [4.69, 9.17) is 4.98 Å². The lowest BCUT2D eigenvalue weighted by molar-refractivity contribution is -0.0570. The number of aromatic nitrogens is 2. The van der Waals surface area contributed by atoms with E-state index in [9.17, 15) is 14.7 Å². The number of anilines is 1. The van der Waals surface area contributed by atoms with E-state index < -0.39 is 5.97 Å². The lowest BCUT2D eigenvalue weighted by Gasteiger charge is -2.57. The van der Waals surface area contributed by atoms with Crippen LogP contribution in [0.5, 0.6) is 0 Å². The normalized spacial score (nSPS) is 27.3. The maximum absolute atomic E-state index is 13.3. The predicted molar refractivity (Wildman–Crippen MR) is 132 cm³/mol. The van der Waals surface area contributed by atoms with E-state index in [2.05, 4.69) is 24.1 Å². The molecule has 6 nitrogen and oxygen atoms in total. The van der Waals surface area contributed by atoms with Gasteiger partial charge in [-0.3, -0.25) is 4.79 Å². The van der Waals surface area contributed by atoms with E-state index in [1.807, 2.05) is 0 Å². The van der Waals surface area contributed by atoms with Crippen LogP contribution in [-0.2, 0) is 6.42 Å². The average molecular weight is 464 g/mol. The third-order valence-electron chi connectivity index (χ3n) is 8.82. The van der Waals surface area contributed by atoms with Gasteiger partial charge < -0.3 is 15.4 Å². The molecule has 0 aliphatic heterocycles. The van der Waals surface area contributed by atoms with Crippen LogP contribution in [0.3, 0.4) is 0 Å². The minimum absolute atomic E-state index is 0.152. The quantitative estimate of drug-likeness (QED) is 0.400. The molecule has 0 saturated heterocycles. The molecule has 6 rings (SSSR count). The highest BCUT2D eigenvalue weighted by Gasteiger charge is 2.50. The van der Waals surface area contributed by atoms with Crippen molar-refractivity contribution in [2.24, 2.45) is 23.2 Å². The number of aromatic amines is 1. The molecule has 4 saturated carbocycles. The van der Waals surface area contributed by atoms with Crippen LogP contribution < -0.4 is 5.32 Å². The standard InChI is InChI=1S/C28H37N3O3/c1-3-20(4-2)25-30-23(8-9-28-14-17-10-18(15-28)12-19(11-17)16-28)24(31-25)26(32)29-22-7-5-6-21(13-22)27(33)34/h5-7,13,17-20H,3-4,8-12,14-16H2,1-2H3,(H,29,32)(H,30,31)(H,33,34). The Kier molecular flexibility index (Phi) is 6.26. The first-order valence-electron chi connectivity index (χ1n) is 13.1. The third-order valence-corrected chi connectivity index (χ3v) is 8.82. The monoisotopic (exact) mass is 463 g/mol. The fourth-order valence-corrected chi connectivity index (χ4v) is 7.57. The topological polar surface area (TPSA) is 95.1 Å². The number of imidazole rings is 1. The number of rotatable bonds is 9. The van der Waals surface area contributed by atoms with E-state index in [1.165, 1.54) is 50.7 Å². The minimum atomic E-state index is -1.01. The van der Waals surface area contributed by atoms with Crippen molar-refractivity contribution in [1.82, 2.24) is 9.97 Å². The van der Waals surface area contributed by atoms with Crippen LogP contribution in [0.2, 0.25) is 0 Å². The van der Waals surface area contributed by atoms with Crippen LogP contribution in [0.25, 0.3) is 0 Å². The van der Waals surface area contributed by atoms with Crippen LogP contribution in [0.1, 0.15) is 110 Å². The number of carboxylic acids is 1. The maximum atomic E-state index is 13.3. The van der Waals surface area contributed by atoms with Gasteiger partial charge in [-0.1, -0.05) is 19.9 Å². The van der Waals surface area contributed by atoms with E-state index in [1.54, 1.807) is 12.1 Å². The first-order chi connectivity index (χ1) is 16.4. The molecule has 1 aromatic heterocycles. The number of carbonyl (C=O) groups is 2. The van der Waals surface area contributed by atoms with Gasteiger partial charge in [0, 0.05) is 17.3 Å². The second-order valence-corrected chi connectivity index (χ2v) is 11.2. The summed E-state index contributed by atoms with van der Waals surface area (Å²) in [5.74, 6) is 2.66. The molecule has 3 N–H and O–H groups in total. The molecule has 1 heterocycles. The van der Waals surface area contributed by atoms with Gasteiger partial charge >= 0.3 is 5.97 Å². The van der Waals surface area contributed by atoms with Crippen LogP contribution in [0.4, 0.5) is 5.69 Å². The van der Waals surface area contributed by atoms with Crippen LogP contribution >= 0.6 is 0 Å². The molecule has 1 aromatic carbocycles. The highest BCUT2D eigenvalue weighted by Crippen LogP contribution is 2.61. The fraction of sp³-hybridized carbons (Fsp3) is 0.607. The molecule has 2 aromatic rings. The molecule has 0 spiro atoms. The van der Waals surface area contributed by atoms with E-state index in [0.717, 1.165) is 55.0 Å². The van der Waals surface area contributed by atoms with Gasteiger partial charge in [0.15, 0.2) is 0 Å². The molecular weight excluding hydrogens is 426 g/mol. The maximum Gasteiger partial charge on any atom is 0.335 e. The average Bonchev–Trinajstić information content (AvgIpc) is 3.22. The second-order valence-electron chi connectivity index (χ2n) is 11.2. The Hall–Kier alpha value is -2.63. The van der Waals surface area contributed by atoms with Crippen molar-refractivity contribution in [2.45, 2.75) is 84.0 Å². The summed E-state index contributed by atoms with van der Waals surface area (Å²) < 4.78 is 0. The Bertz CT molecular complexity index is 1030. The zero-order valence-corrected chi connectivity index (χ0v) is 20.4. The number of nitrogens with zero attached hydrogens (tertiary/aromatic N) is 1. The van der Waals surface area contributed by atoms with Crippen LogP contribution in [-0.4, -0.2) is 27.0 Å². The van der Waals surface area contributed by atoms with E-state index in [-0.39, 0.29) is 11.5 Å². The summed E-state index contributed by atoms with van der Waals surface area (Å²) >= 11 is 0. The first-order valence-corrected chi connectivity index (χ1v) is 13.1. The Balaban J connectivity index is 1.37. The lowest BCUT2D eigenvalue weighted by Crippen LogP contribution is -2.46. The van der Waals surface area contributed by atoms with Gasteiger partial charge in [0.25, 0.3) is 5.91 Å². The number of aromatic carboxylic acids is 1. The zero-order valence-electron chi connectivity index (χ0n) is 20.4. The van der Waals surface area contributed by atoms with Gasteiger partial charge in [0.2, 0.25) is 0 Å². The van der Waals surface area contributed by atoms with Gasteiger partial charge in [-0.05, 0) is 106 Å². The number of nitrogens with one attached hydrogen (secondary N) is 2. The summed E-state index contributed by atoms with van der Waals surface area (Å²) in [5.41, 5.74) is 2.47. The van der Waals surface area contributed by atoms with Crippen molar-refractivity contribution in [1.29, 1.82) is 0 Å². The Morgan fingerprint density at radius 1 is 1.12 bits per heavy atom. The summed E-state index contributed by atoms with van der Waals surface area (Å²) in [5, 5.41) is 12.2. The summed E-state index contributed by atoms with van der Waals surface area (Å²) in [6.45, 7) is 4.31. The predicted octanol–water partition coefficient (Wildman–Crippen LogP) is 6.41. The highest BCUT2D eigenvalue weighted by atomic mass is 16.4. The van der Waals surface area contributed by atoms with Gasteiger partial charge in [0.1, 0.15) is 11.5 Å². The van der Waals surface area contributed by atoms with Crippen molar-refractivity contribution in [3.63, 3.8) is 0 Å². The van der Waals surface area contributed by atoms with Gasteiger partial charge in [-0.15, -0.1) is 0 Å². The molecule has 0 unspecified atom stereocenters.